The highest BCUT2D eigenvalue weighted by molar-refractivity contribution is 5.53. The van der Waals surface area contributed by atoms with Crippen LogP contribution in [-0.4, -0.2) is 13.1 Å². The molecule has 0 fully saturated rings. The quantitative estimate of drug-likeness (QED) is 0.155. The van der Waals surface area contributed by atoms with Gasteiger partial charge in [0.25, 0.3) is 0 Å². The second kappa shape index (κ2) is 23.0. The highest BCUT2D eigenvalue weighted by Gasteiger charge is 1.97. The van der Waals surface area contributed by atoms with E-state index in [1.165, 1.54) is 140 Å². The topological polar surface area (TPSA) is 24.1 Å². The zero-order valence-electron chi connectivity index (χ0n) is 21.9. The van der Waals surface area contributed by atoms with Gasteiger partial charge in [-0.25, -0.2) is 0 Å². The summed E-state index contributed by atoms with van der Waals surface area (Å²) in [5.74, 6) is 0. The smallest absolute Gasteiger partial charge is 0.0341 e. The van der Waals surface area contributed by atoms with Crippen LogP contribution in [0.4, 0.5) is 11.4 Å². The minimum Gasteiger partial charge on any atom is -0.385 e. The molecule has 0 heterocycles. The van der Waals surface area contributed by atoms with E-state index in [4.69, 9.17) is 0 Å². The van der Waals surface area contributed by atoms with E-state index in [0.29, 0.717) is 0 Å². The average molecular weight is 445 g/mol. The third kappa shape index (κ3) is 18.4. The second-order valence-electron chi connectivity index (χ2n) is 9.79. The van der Waals surface area contributed by atoms with Gasteiger partial charge in [-0.2, -0.15) is 0 Å². The van der Waals surface area contributed by atoms with Crippen molar-refractivity contribution in [2.75, 3.05) is 23.7 Å². The fourth-order valence-corrected chi connectivity index (χ4v) is 4.40. The molecule has 0 atom stereocenters. The van der Waals surface area contributed by atoms with Crippen molar-refractivity contribution >= 4 is 11.4 Å². The summed E-state index contributed by atoms with van der Waals surface area (Å²) in [6.07, 6.45) is 28.0. The van der Waals surface area contributed by atoms with Crippen molar-refractivity contribution in [2.24, 2.45) is 0 Å². The van der Waals surface area contributed by atoms with Crippen LogP contribution in [0.3, 0.4) is 0 Å². The van der Waals surface area contributed by atoms with Crippen LogP contribution in [0.15, 0.2) is 24.3 Å². The van der Waals surface area contributed by atoms with Gasteiger partial charge < -0.3 is 10.6 Å². The lowest BCUT2D eigenvalue weighted by Crippen LogP contribution is -2.03. The highest BCUT2D eigenvalue weighted by atomic mass is 14.9. The molecule has 0 amide bonds. The van der Waals surface area contributed by atoms with Crippen molar-refractivity contribution in [2.45, 2.75) is 142 Å². The van der Waals surface area contributed by atoms with Crippen molar-refractivity contribution < 1.29 is 0 Å². The van der Waals surface area contributed by atoms with Crippen LogP contribution in [0.1, 0.15) is 142 Å². The maximum atomic E-state index is 3.58. The maximum Gasteiger partial charge on any atom is 0.0341 e. The number of hydrogen-bond donors (Lipinski definition) is 2. The van der Waals surface area contributed by atoms with E-state index in [9.17, 15) is 0 Å². The van der Waals surface area contributed by atoms with Crippen molar-refractivity contribution in [3.05, 3.63) is 24.3 Å². The van der Waals surface area contributed by atoms with Gasteiger partial charge in [0.05, 0.1) is 0 Å². The van der Waals surface area contributed by atoms with Gasteiger partial charge in [0.1, 0.15) is 0 Å². The van der Waals surface area contributed by atoms with E-state index in [-0.39, 0.29) is 0 Å². The van der Waals surface area contributed by atoms with Crippen LogP contribution in [0.25, 0.3) is 0 Å². The van der Waals surface area contributed by atoms with Gasteiger partial charge in [-0.3, -0.25) is 0 Å². The third-order valence-electron chi connectivity index (χ3n) is 6.60. The second-order valence-corrected chi connectivity index (χ2v) is 9.79. The molecule has 2 N–H and O–H groups in total. The number of rotatable bonds is 24. The molecule has 1 aromatic carbocycles. The summed E-state index contributed by atoms with van der Waals surface area (Å²) in [6, 6.07) is 8.88. The number of unbranched alkanes of at least 4 members (excludes halogenated alkanes) is 18. The Morgan fingerprint density at radius 1 is 0.375 bits per heavy atom. The third-order valence-corrected chi connectivity index (χ3v) is 6.60. The Morgan fingerprint density at radius 3 is 0.906 bits per heavy atom. The van der Waals surface area contributed by atoms with Gasteiger partial charge in [-0.1, -0.05) is 129 Å². The summed E-state index contributed by atoms with van der Waals surface area (Å²) in [5, 5.41) is 7.16. The predicted molar refractivity (Wildman–Crippen MR) is 147 cm³/mol. The van der Waals surface area contributed by atoms with E-state index in [0.717, 1.165) is 13.1 Å². The molecule has 0 spiro atoms. The molecule has 0 saturated carbocycles. The molecule has 0 radical (unpaired) electrons. The summed E-state index contributed by atoms with van der Waals surface area (Å²) < 4.78 is 0. The molecular weight excluding hydrogens is 388 g/mol. The Hall–Kier alpha value is -1.18. The lowest BCUT2D eigenvalue weighted by Gasteiger charge is -2.09. The number of hydrogen-bond acceptors (Lipinski definition) is 2. The Kier molecular flexibility index (Phi) is 20.7. The first-order valence-corrected chi connectivity index (χ1v) is 14.4. The molecule has 0 saturated heterocycles. The van der Waals surface area contributed by atoms with E-state index in [1.54, 1.807) is 0 Å². The van der Waals surface area contributed by atoms with Crippen molar-refractivity contribution in [1.29, 1.82) is 0 Å². The molecule has 0 aliphatic rings. The first kappa shape index (κ1) is 28.9. The average Bonchev–Trinajstić information content (AvgIpc) is 2.82. The van der Waals surface area contributed by atoms with Crippen LogP contribution in [0.2, 0.25) is 0 Å². The van der Waals surface area contributed by atoms with Crippen molar-refractivity contribution in [1.82, 2.24) is 0 Å². The molecule has 186 valence electrons. The maximum absolute atomic E-state index is 3.58. The first-order chi connectivity index (χ1) is 15.9. The standard InChI is InChI=1S/C30H56N2/c1-3-5-7-9-11-13-15-17-19-21-27-31-29-23-25-30(26-24-29)32-28-22-20-18-16-14-12-10-8-6-4-2/h23-26,31-32H,3-22,27-28H2,1-2H3. The number of anilines is 2. The monoisotopic (exact) mass is 444 g/mol. The van der Waals surface area contributed by atoms with E-state index < -0.39 is 0 Å². The molecule has 0 aliphatic heterocycles. The predicted octanol–water partition coefficient (Wildman–Crippen LogP) is 10.4. The van der Waals surface area contributed by atoms with Crippen molar-refractivity contribution in [3.8, 4) is 0 Å². The lowest BCUT2D eigenvalue weighted by atomic mass is 10.1. The van der Waals surface area contributed by atoms with Crippen LogP contribution < -0.4 is 10.6 Å². The number of nitrogens with one attached hydrogen (secondary N) is 2. The molecule has 1 rings (SSSR count). The fourth-order valence-electron chi connectivity index (χ4n) is 4.40. The van der Waals surface area contributed by atoms with Gasteiger partial charge in [0.2, 0.25) is 0 Å². The summed E-state index contributed by atoms with van der Waals surface area (Å²) in [7, 11) is 0. The summed E-state index contributed by atoms with van der Waals surface area (Å²) in [4.78, 5) is 0. The van der Waals surface area contributed by atoms with Gasteiger partial charge in [0, 0.05) is 24.5 Å². The summed E-state index contributed by atoms with van der Waals surface area (Å²) >= 11 is 0. The Labute approximate surface area is 201 Å². The molecule has 2 heteroatoms. The molecule has 0 unspecified atom stereocenters. The Balaban J connectivity index is 1.89. The normalized spacial score (nSPS) is 11.1. The van der Waals surface area contributed by atoms with Crippen LogP contribution in [0.5, 0.6) is 0 Å². The summed E-state index contributed by atoms with van der Waals surface area (Å²) in [5.41, 5.74) is 2.51. The van der Waals surface area contributed by atoms with Gasteiger partial charge in [0.15, 0.2) is 0 Å². The summed E-state index contributed by atoms with van der Waals surface area (Å²) in [6.45, 7) is 6.78. The lowest BCUT2D eigenvalue weighted by molar-refractivity contribution is 0.560. The molecule has 0 bridgehead atoms. The van der Waals surface area contributed by atoms with E-state index in [1.807, 2.05) is 0 Å². The van der Waals surface area contributed by atoms with E-state index in [2.05, 4.69) is 48.7 Å². The Bertz CT molecular complexity index is 437. The molecular formula is C30H56N2. The van der Waals surface area contributed by atoms with Crippen LogP contribution in [-0.2, 0) is 0 Å². The fraction of sp³-hybridized carbons (Fsp3) is 0.800. The zero-order chi connectivity index (χ0) is 23.0. The van der Waals surface area contributed by atoms with Gasteiger partial charge in [-0.15, -0.1) is 0 Å². The minimum atomic E-state index is 1.10. The van der Waals surface area contributed by atoms with Crippen LogP contribution >= 0.6 is 0 Å². The first-order valence-electron chi connectivity index (χ1n) is 14.4. The van der Waals surface area contributed by atoms with Gasteiger partial charge in [-0.05, 0) is 37.1 Å². The van der Waals surface area contributed by atoms with Crippen LogP contribution in [0, 0.1) is 0 Å². The minimum absolute atomic E-state index is 1.10. The SMILES string of the molecule is CCCCCCCCCCCCNc1ccc(NCCCCCCCCCCCC)cc1. The zero-order valence-corrected chi connectivity index (χ0v) is 21.9. The van der Waals surface area contributed by atoms with E-state index >= 15 is 0 Å². The molecule has 32 heavy (non-hydrogen) atoms. The molecule has 1 aromatic rings. The largest absolute Gasteiger partial charge is 0.385 e. The van der Waals surface area contributed by atoms with Crippen molar-refractivity contribution in [3.63, 3.8) is 0 Å². The molecule has 2 nitrogen and oxygen atoms in total. The van der Waals surface area contributed by atoms with Gasteiger partial charge >= 0.3 is 0 Å². The molecule has 0 aliphatic carbocycles. The number of benzene rings is 1. The highest BCUT2D eigenvalue weighted by Crippen LogP contribution is 2.15. The molecule has 0 aromatic heterocycles. The Morgan fingerprint density at radius 2 is 0.625 bits per heavy atom.